The van der Waals surface area contributed by atoms with E-state index in [-0.39, 0.29) is 0 Å². The van der Waals surface area contributed by atoms with Gasteiger partial charge < -0.3 is 4.84 Å². The average Bonchev–Trinajstić information content (AvgIpc) is 2.08. The Morgan fingerprint density at radius 2 is 1.92 bits per heavy atom. The maximum Gasteiger partial charge on any atom is 0.0572 e. The fourth-order valence-corrected chi connectivity index (χ4v) is 1.07. The summed E-state index contributed by atoms with van der Waals surface area (Å²) in [6, 6.07) is 0. The molecule has 0 aromatic carbocycles. The van der Waals surface area contributed by atoms with E-state index in [4.69, 9.17) is 4.84 Å². The molecule has 13 heavy (non-hydrogen) atoms. The van der Waals surface area contributed by atoms with Crippen LogP contribution >= 0.6 is 0 Å². The van der Waals surface area contributed by atoms with E-state index in [1.165, 1.54) is 5.57 Å². The number of allylic oxidation sites excluding steroid dienone is 7. The molecule has 0 aromatic rings. The third-order valence-electron chi connectivity index (χ3n) is 1.73. The summed E-state index contributed by atoms with van der Waals surface area (Å²) in [7, 11) is 1.63. The van der Waals surface area contributed by atoms with Crippen LogP contribution in [0.3, 0.4) is 0 Å². The van der Waals surface area contributed by atoms with Crippen LogP contribution in [-0.2, 0) is 4.84 Å². The van der Waals surface area contributed by atoms with Gasteiger partial charge in [0.05, 0.1) is 7.11 Å². The first-order valence-corrected chi connectivity index (χ1v) is 4.40. The highest BCUT2D eigenvalue weighted by Gasteiger charge is 1.91. The summed E-state index contributed by atoms with van der Waals surface area (Å²) in [5, 5.41) is 0. The van der Waals surface area contributed by atoms with Crippen LogP contribution in [0.25, 0.3) is 0 Å². The predicted molar refractivity (Wildman–Crippen MR) is 55.1 cm³/mol. The van der Waals surface area contributed by atoms with Gasteiger partial charge in [-0.05, 0) is 12.0 Å². The smallest absolute Gasteiger partial charge is 0.0572 e. The number of hydroxylamine groups is 1. The fraction of sp³-hybridized carbons (Fsp3) is 0.273. The van der Waals surface area contributed by atoms with Crippen molar-refractivity contribution in [3.63, 3.8) is 0 Å². The van der Waals surface area contributed by atoms with Gasteiger partial charge in [0.1, 0.15) is 0 Å². The van der Waals surface area contributed by atoms with Crippen LogP contribution in [-0.4, -0.2) is 13.7 Å². The first-order valence-electron chi connectivity index (χ1n) is 4.40. The Balaban J connectivity index is 2.39. The summed E-state index contributed by atoms with van der Waals surface area (Å²) < 4.78 is 0. The molecule has 0 saturated carbocycles. The van der Waals surface area contributed by atoms with Crippen LogP contribution in [0, 0.1) is 0 Å². The van der Waals surface area contributed by atoms with Crippen LogP contribution < -0.4 is 5.48 Å². The van der Waals surface area contributed by atoms with Gasteiger partial charge in [-0.1, -0.05) is 42.5 Å². The quantitative estimate of drug-likeness (QED) is 0.524. The highest BCUT2D eigenvalue weighted by atomic mass is 16.6. The second-order valence-corrected chi connectivity index (χ2v) is 2.72. The van der Waals surface area contributed by atoms with Gasteiger partial charge in [-0.3, -0.25) is 0 Å². The summed E-state index contributed by atoms with van der Waals surface area (Å²) >= 11 is 0. The zero-order valence-corrected chi connectivity index (χ0v) is 7.86. The molecule has 1 aliphatic carbocycles. The molecule has 0 spiro atoms. The second-order valence-electron chi connectivity index (χ2n) is 2.72. The van der Waals surface area contributed by atoms with Gasteiger partial charge in [-0.2, -0.15) is 0 Å². The largest absolute Gasteiger partial charge is 0.305 e. The van der Waals surface area contributed by atoms with E-state index >= 15 is 0 Å². The lowest BCUT2D eigenvalue weighted by molar-refractivity contribution is 0.0929. The molecule has 0 aliphatic heterocycles. The van der Waals surface area contributed by atoms with Gasteiger partial charge in [0.2, 0.25) is 0 Å². The topological polar surface area (TPSA) is 21.3 Å². The van der Waals surface area contributed by atoms with Crippen molar-refractivity contribution in [3.05, 3.63) is 48.1 Å². The molecule has 1 N–H and O–H groups in total. The molecular formula is C11H15NO. The van der Waals surface area contributed by atoms with Gasteiger partial charge in [-0.25, -0.2) is 5.48 Å². The lowest BCUT2D eigenvalue weighted by Gasteiger charge is -2.02. The molecule has 1 aliphatic rings. The number of hydrogen-bond donors (Lipinski definition) is 1. The summed E-state index contributed by atoms with van der Waals surface area (Å²) in [5.74, 6) is 0. The van der Waals surface area contributed by atoms with Crippen molar-refractivity contribution >= 4 is 0 Å². The van der Waals surface area contributed by atoms with Crippen LogP contribution in [0.4, 0.5) is 0 Å². The van der Waals surface area contributed by atoms with E-state index in [2.05, 4.69) is 17.6 Å². The van der Waals surface area contributed by atoms with Gasteiger partial charge in [0.25, 0.3) is 0 Å². The molecule has 0 radical (unpaired) electrons. The van der Waals surface area contributed by atoms with Crippen molar-refractivity contribution in [1.29, 1.82) is 0 Å². The van der Waals surface area contributed by atoms with Crippen molar-refractivity contribution in [2.45, 2.75) is 6.42 Å². The lowest BCUT2D eigenvalue weighted by atomic mass is 10.1. The van der Waals surface area contributed by atoms with Gasteiger partial charge in [0, 0.05) is 6.54 Å². The van der Waals surface area contributed by atoms with Crippen LogP contribution in [0.1, 0.15) is 6.42 Å². The lowest BCUT2D eigenvalue weighted by Crippen LogP contribution is -2.13. The molecular weight excluding hydrogens is 162 g/mol. The van der Waals surface area contributed by atoms with E-state index in [1.54, 1.807) is 7.11 Å². The van der Waals surface area contributed by atoms with Crippen LogP contribution in [0.2, 0.25) is 0 Å². The molecule has 0 heterocycles. The Kier molecular flexibility index (Phi) is 4.91. The molecule has 0 atom stereocenters. The van der Waals surface area contributed by atoms with Crippen molar-refractivity contribution in [3.8, 4) is 0 Å². The van der Waals surface area contributed by atoms with E-state index in [9.17, 15) is 0 Å². The van der Waals surface area contributed by atoms with Crippen molar-refractivity contribution in [1.82, 2.24) is 5.48 Å². The molecule has 1 rings (SSSR count). The predicted octanol–water partition coefficient (Wildman–Crippen LogP) is 2.14. The Morgan fingerprint density at radius 1 is 1.15 bits per heavy atom. The van der Waals surface area contributed by atoms with E-state index in [0.29, 0.717) is 0 Å². The minimum atomic E-state index is 0.838. The van der Waals surface area contributed by atoms with E-state index < -0.39 is 0 Å². The zero-order chi connectivity index (χ0) is 9.36. The Morgan fingerprint density at radius 3 is 2.77 bits per heavy atom. The zero-order valence-electron chi connectivity index (χ0n) is 7.86. The normalized spacial score (nSPS) is 20.2. The maximum absolute atomic E-state index is 4.76. The molecule has 0 amide bonds. The molecule has 0 aromatic heterocycles. The number of nitrogens with one attached hydrogen (secondary N) is 1. The highest BCUT2D eigenvalue weighted by molar-refractivity contribution is 5.30. The van der Waals surface area contributed by atoms with Gasteiger partial charge >= 0.3 is 0 Å². The summed E-state index contributed by atoms with van der Waals surface area (Å²) in [6.07, 6.45) is 15.3. The highest BCUT2D eigenvalue weighted by Crippen LogP contribution is 2.05. The first-order chi connectivity index (χ1) is 6.43. The van der Waals surface area contributed by atoms with Gasteiger partial charge in [0.15, 0.2) is 0 Å². The second kappa shape index (κ2) is 6.40. The van der Waals surface area contributed by atoms with Crippen molar-refractivity contribution in [2.24, 2.45) is 0 Å². The molecule has 0 bridgehead atoms. The first kappa shape index (κ1) is 9.96. The fourth-order valence-electron chi connectivity index (χ4n) is 1.07. The standard InChI is InChI=1S/C11H15NO/c1-13-12-10-9-11-7-5-3-2-4-6-8-11/h2-8,12H,9-10H2,1H3/b3-2+,4-2?,5-3?,6-4+,7-5?,8-6?,11-7?,11-8?. The average molecular weight is 177 g/mol. The third-order valence-corrected chi connectivity index (χ3v) is 1.73. The Bertz CT molecular complexity index is 249. The molecule has 0 fully saturated rings. The molecule has 2 nitrogen and oxygen atoms in total. The monoisotopic (exact) mass is 177 g/mol. The summed E-state index contributed by atoms with van der Waals surface area (Å²) in [4.78, 5) is 4.76. The van der Waals surface area contributed by atoms with Crippen LogP contribution in [0.5, 0.6) is 0 Å². The Labute approximate surface area is 79.2 Å². The third kappa shape index (κ3) is 4.45. The van der Waals surface area contributed by atoms with Crippen molar-refractivity contribution in [2.75, 3.05) is 13.7 Å². The SMILES string of the molecule is CONCCC1=C/C=C/C=C/C=C1. The molecule has 0 saturated heterocycles. The molecule has 70 valence electrons. The number of hydrogen-bond acceptors (Lipinski definition) is 2. The maximum atomic E-state index is 4.76. The minimum absolute atomic E-state index is 0.838. The summed E-state index contributed by atoms with van der Waals surface area (Å²) in [6.45, 7) is 0.838. The molecule has 2 heteroatoms. The van der Waals surface area contributed by atoms with E-state index in [1.807, 2.05) is 30.4 Å². The Hall–Kier alpha value is -1.12. The number of rotatable bonds is 4. The van der Waals surface area contributed by atoms with Crippen LogP contribution in [0.15, 0.2) is 48.1 Å². The van der Waals surface area contributed by atoms with Gasteiger partial charge in [-0.15, -0.1) is 0 Å². The van der Waals surface area contributed by atoms with Crippen molar-refractivity contribution < 1.29 is 4.84 Å². The minimum Gasteiger partial charge on any atom is -0.305 e. The summed E-state index contributed by atoms with van der Waals surface area (Å²) in [5.41, 5.74) is 4.11. The van der Waals surface area contributed by atoms with E-state index in [0.717, 1.165) is 13.0 Å². The molecule has 0 unspecified atom stereocenters.